The molecule has 1 N–H and O–H groups in total. The van der Waals surface area contributed by atoms with Gasteiger partial charge in [0.15, 0.2) is 10.6 Å². The Kier molecular flexibility index (Phi) is 3.75. The van der Waals surface area contributed by atoms with Gasteiger partial charge in [-0.05, 0) is 64.5 Å². The van der Waals surface area contributed by atoms with Crippen LogP contribution in [0.5, 0.6) is 0 Å². The summed E-state index contributed by atoms with van der Waals surface area (Å²) < 4.78 is 3.53. The third-order valence-electron chi connectivity index (χ3n) is 2.56. The predicted octanol–water partition coefficient (Wildman–Crippen LogP) is 4.92. The van der Waals surface area contributed by atoms with Gasteiger partial charge in [-0.2, -0.15) is 5.10 Å². The molecule has 0 bridgehead atoms. The molecule has 0 aliphatic heterocycles. The largest absolute Gasteiger partial charge is 0.266 e. The van der Waals surface area contributed by atoms with Crippen molar-refractivity contribution in [2.24, 2.45) is 0 Å². The summed E-state index contributed by atoms with van der Waals surface area (Å²) in [6, 6.07) is 9.73. The molecule has 0 spiro atoms. The fourth-order valence-electron chi connectivity index (χ4n) is 1.75. The molecule has 0 radical (unpaired) electrons. The molecule has 0 aliphatic carbocycles. The maximum atomic E-state index is 6.00. The van der Waals surface area contributed by atoms with E-state index in [0.29, 0.717) is 9.79 Å². The first-order chi connectivity index (χ1) is 9.16. The Morgan fingerprint density at radius 3 is 2.89 bits per heavy atom. The third-order valence-corrected chi connectivity index (χ3v) is 4.80. The normalized spacial score (nSPS) is 10.8. The second kappa shape index (κ2) is 5.35. The lowest BCUT2D eigenvalue weighted by atomic mass is 10.3. The molecular formula is C12H7ClIN3S2. The van der Waals surface area contributed by atoms with Crippen LogP contribution in [0.15, 0.2) is 35.7 Å². The van der Waals surface area contributed by atoms with E-state index in [1.165, 1.54) is 0 Å². The summed E-state index contributed by atoms with van der Waals surface area (Å²) in [6.07, 6.45) is 0. The number of thiophene rings is 1. The summed E-state index contributed by atoms with van der Waals surface area (Å²) in [5.41, 5.74) is 0.979. The van der Waals surface area contributed by atoms with Gasteiger partial charge in [0.1, 0.15) is 0 Å². The SMILES string of the molecule is S=c1[nH]nc(-c2cccs2)n1-c1ccc(Cl)cc1I. The highest BCUT2D eigenvalue weighted by molar-refractivity contribution is 14.1. The maximum absolute atomic E-state index is 6.00. The van der Waals surface area contributed by atoms with Crippen LogP contribution in [0.1, 0.15) is 0 Å². The average Bonchev–Trinajstić information content (AvgIpc) is 2.99. The van der Waals surface area contributed by atoms with E-state index >= 15 is 0 Å². The lowest BCUT2D eigenvalue weighted by Gasteiger charge is -2.08. The highest BCUT2D eigenvalue weighted by Crippen LogP contribution is 2.28. The van der Waals surface area contributed by atoms with Gasteiger partial charge in [0.25, 0.3) is 0 Å². The zero-order valence-electron chi connectivity index (χ0n) is 9.43. The van der Waals surface area contributed by atoms with Gasteiger partial charge in [-0.15, -0.1) is 11.3 Å². The number of hydrogen-bond donors (Lipinski definition) is 1. The molecule has 0 atom stereocenters. The number of halogens is 2. The summed E-state index contributed by atoms with van der Waals surface area (Å²) in [4.78, 5) is 1.07. The molecule has 0 unspecified atom stereocenters. The molecule has 19 heavy (non-hydrogen) atoms. The Balaban J connectivity index is 2.26. The number of H-pyrrole nitrogens is 1. The predicted molar refractivity (Wildman–Crippen MR) is 89.8 cm³/mol. The quantitative estimate of drug-likeness (QED) is 0.473. The molecule has 3 aromatic rings. The van der Waals surface area contributed by atoms with Crippen LogP contribution in [0.25, 0.3) is 16.4 Å². The molecule has 7 heteroatoms. The zero-order chi connectivity index (χ0) is 13.4. The summed E-state index contributed by atoms with van der Waals surface area (Å²) in [7, 11) is 0. The van der Waals surface area contributed by atoms with E-state index in [-0.39, 0.29) is 0 Å². The van der Waals surface area contributed by atoms with E-state index in [2.05, 4.69) is 32.8 Å². The van der Waals surface area contributed by atoms with Gasteiger partial charge in [0, 0.05) is 8.59 Å². The lowest BCUT2D eigenvalue weighted by Crippen LogP contribution is -1.99. The molecule has 0 aliphatic rings. The van der Waals surface area contributed by atoms with Crippen molar-refractivity contribution in [2.75, 3.05) is 0 Å². The van der Waals surface area contributed by atoms with Crippen LogP contribution in [0.2, 0.25) is 5.02 Å². The average molecular weight is 420 g/mol. The first-order valence-corrected chi connectivity index (χ1v) is 8.08. The zero-order valence-corrected chi connectivity index (χ0v) is 14.0. The standard InChI is InChI=1S/C12H7ClIN3S2/c13-7-3-4-9(8(14)6-7)17-11(15-16-12(17)18)10-2-1-5-19-10/h1-6H,(H,16,18). The lowest BCUT2D eigenvalue weighted by molar-refractivity contribution is 1.03. The van der Waals surface area contributed by atoms with Crippen molar-refractivity contribution >= 4 is 57.7 Å². The Hall–Kier alpha value is -0.700. The monoisotopic (exact) mass is 419 g/mol. The molecule has 0 amide bonds. The van der Waals surface area contributed by atoms with Crippen molar-refractivity contribution in [1.29, 1.82) is 0 Å². The highest BCUT2D eigenvalue weighted by atomic mass is 127. The summed E-state index contributed by atoms with van der Waals surface area (Å²) in [6.45, 7) is 0. The number of rotatable bonds is 2. The second-order valence-electron chi connectivity index (χ2n) is 3.76. The van der Waals surface area contributed by atoms with E-state index < -0.39 is 0 Å². The van der Waals surface area contributed by atoms with Crippen molar-refractivity contribution in [3.05, 3.63) is 49.1 Å². The van der Waals surface area contributed by atoms with Crippen LogP contribution in [0.4, 0.5) is 0 Å². The van der Waals surface area contributed by atoms with Crippen molar-refractivity contribution in [2.45, 2.75) is 0 Å². The first kappa shape index (κ1) is 13.3. The number of benzene rings is 1. The Morgan fingerprint density at radius 1 is 1.37 bits per heavy atom. The van der Waals surface area contributed by atoms with Gasteiger partial charge in [-0.25, -0.2) is 0 Å². The van der Waals surface area contributed by atoms with Crippen LogP contribution >= 0.6 is 57.7 Å². The molecule has 2 heterocycles. The minimum atomic E-state index is 0.573. The van der Waals surface area contributed by atoms with Gasteiger partial charge in [-0.3, -0.25) is 9.67 Å². The Labute approximate surface area is 137 Å². The number of aromatic nitrogens is 3. The number of nitrogens with zero attached hydrogens (tertiary/aromatic N) is 2. The van der Waals surface area contributed by atoms with Crippen molar-refractivity contribution in [3.63, 3.8) is 0 Å². The molecule has 3 rings (SSSR count). The topological polar surface area (TPSA) is 33.6 Å². The number of nitrogens with one attached hydrogen (secondary N) is 1. The van der Waals surface area contributed by atoms with E-state index in [9.17, 15) is 0 Å². The van der Waals surface area contributed by atoms with Crippen LogP contribution in [0, 0.1) is 8.34 Å². The van der Waals surface area contributed by atoms with Crippen molar-refractivity contribution < 1.29 is 0 Å². The minimum Gasteiger partial charge on any atom is -0.266 e. The van der Waals surface area contributed by atoms with Crippen molar-refractivity contribution in [1.82, 2.24) is 14.8 Å². The van der Waals surface area contributed by atoms with Crippen LogP contribution < -0.4 is 0 Å². The molecule has 2 aromatic heterocycles. The van der Waals surface area contributed by atoms with Crippen LogP contribution in [0.3, 0.4) is 0 Å². The summed E-state index contributed by atoms with van der Waals surface area (Å²) in [5.74, 6) is 0.820. The minimum absolute atomic E-state index is 0.573. The van der Waals surface area contributed by atoms with Gasteiger partial charge in [-0.1, -0.05) is 17.7 Å². The first-order valence-electron chi connectivity index (χ1n) is 5.33. The van der Waals surface area contributed by atoms with E-state index in [1.54, 1.807) is 11.3 Å². The molecular weight excluding hydrogens is 413 g/mol. The maximum Gasteiger partial charge on any atom is 0.200 e. The summed E-state index contributed by atoms with van der Waals surface area (Å²) >= 11 is 15.2. The fraction of sp³-hybridized carbons (Fsp3) is 0. The second-order valence-corrected chi connectivity index (χ2v) is 6.69. The summed E-state index contributed by atoms with van der Waals surface area (Å²) in [5, 5.41) is 9.90. The third kappa shape index (κ3) is 2.49. The van der Waals surface area contributed by atoms with Crippen LogP contribution in [-0.2, 0) is 0 Å². The molecule has 0 saturated carbocycles. The smallest absolute Gasteiger partial charge is 0.200 e. The van der Waals surface area contributed by atoms with E-state index in [1.807, 2.05) is 40.3 Å². The molecule has 96 valence electrons. The molecule has 0 fully saturated rings. The van der Waals surface area contributed by atoms with E-state index in [4.69, 9.17) is 23.8 Å². The Morgan fingerprint density at radius 2 is 2.21 bits per heavy atom. The molecule has 3 nitrogen and oxygen atoms in total. The number of aromatic amines is 1. The van der Waals surface area contributed by atoms with Gasteiger partial charge in [0.2, 0.25) is 0 Å². The van der Waals surface area contributed by atoms with Crippen LogP contribution in [-0.4, -0.2) is 14.8 Å². The van der Waals surface area contributed by atoms with Gasteiger partial charge < -0.3 is 0 Å². The number of hydrogen-bond acceptors (Lipinski definition) is 3. The Bertz CT molecular complexity index is 777. The van der Waals surface area contributed by atoms with Gasteiger partial charge >= 0.3 is 0 Å². The van der Waals surface area contributed by atoms with Crippen molar-refractivity contribution in [3.8, 4) is 16.4 Å². The van der Waals surface area contributed by atoms with E-state index in [0.717, 1.165) is 20.0 Å². The van der Waals surface area contributed by atoms with Gasteiger partial charge in [0.05, 0.1) is 10.6 Å². The fourth-order valence-corrected chi connectivity index (χ4v) is 3.80. The molecule has 1 aromatic carbocycles. The highest BCUT2D eigenvalue weighted by Gasteiger charge is 2.13. The molecule has 0 saturated heterocycles.